The first kappa shape index (κ1) is 22.6. The van der Waals surface area contributed by atoms with E-state index in [0.717, 1.165) is 23.3 Å². The van der Waals surface area contributed by atoms with Gasteiger partial charge in [-0.15, -0.1) is 10.2 Å². The zero-order chi connectivity index (χ0) is 22.1. The largest absolute Gasteiger partial charge is 0.323 e. The second kappa shape index (κ2) is 8.94. The van der Waals surface area contributed by atoms with Gasteiger partial charge in [-0.1, -0.05) is 59.2 Å². The third kappa shape index (κ3) is 4.96. The SMILES string of the molecule is Cc1ccccc1-c1nnc(SCC(=O)Nc2c(Cl)cc(S(N)(=O)=O)cc2Cl)n1C. The minimum absolute atomic E-state index is 0.0172. The minimum Gasteiger partial charge on any atom is -0.323 e. The smallest absolute Gasteiger partial charge is 0.238 e. The van der Waals surface area contributed by atoms with Crippen molar-refractivity contribution in [3.05, 3.63) is 52.0 Å². The summed E-state index contributed by atoms with van der Waals surface area (Å²) in [6, 6.07) is 10.1. The summed E-state index contributed by atoms with van der Waals surface area (Å²) in [6.45, 7) is 1.99. The molecule has 1 amide bonds. The van der Waals surface area contributed by atoms with E-state index in [1.807, 2.05) is 38.2 Å². The van der Waals surface area contributed by atoms with Gasteiger partial charge in [-0.05, 0) is 24.6 Å². The molecular formula is C18H17Cl2N5O3S2. The van der Waals surface area contributed by atoms with E-state index in [-0.39, 0.29) is 26.4 Å². The van der Waals surface area contributed by atoms with E-state index in [4.69, 9.17) is 28.3 Å². The quantitative estimate of drug-likeness (QED) is 0.515. The van der Waals surface area contributed by atoms with Crippen LogP contribution in [-0.2, 0) is 21.9 Å². The molecule has 8 nitrogen and oxygen atoms in total. The highest BCUT2D eigenvalue weighted by atomic mass is 35.5. The van der Waals surface area contributed by atoms with Crippen molar-refractivity contribution in [1.82, 2.24) is 14.8 Å². The number of nitrogens with one attached hydrogen (secondary N) is 1. The molecule has 0 saturated heterocycles. The molecule has 0 bridgehead atoms. The molecule has 0 radical (unpaired) electrons. The molecule has 12 heteroatoms. The zero-order valence-electron chi connectivity index (χ0n) is 15.9. The lowest BCUT2D eigenvalue weighted by molar-refractivity contribution is -0.113. The number of primary sulfonamides is 1. The number of thioether (sulfide) groups is 1. The third-order valence-electron chi connectivity index (χ3n) is 4.16. The Labute approximate surface area is 187 Å². The summed E-state index contributed by atoms with van der Waals surface area (Å²) >= 11 is 13.3. The Bertz CT molecular complexity index is 1210. The van der Waals surface area contributed by atoms with Crippen LogP contribution in [0.5, 0.6) is 0 Å². The highest BCUT2D eigenvalue weighted by Crippen LogP contribution is 2.33. The lowest BCUT2D eigenvalue weighted by atomic mass is 10.1. The number of carbonyl (C=O) groups excluding carboxylic acids is 1. The Balaban J connectivity index is 1.71. The van der Waals surface area contributed by atoms with Crippen LogP contribution in [0.15, 0.2) is 46.5 Å². The van der Waals surface area contributed by atoms with Crippen LogP contribution in [0.1, 0.15) is 5.56 Å². The highest BCUT2D eigenvalue weighted by Gasteiger charge is 2.18. The first-order chi connectivity index (χ1) is 14.1. The van der Waals surface area contributed by atoms with Gasteiger partial charge in [0.25, 0.3) is 0 Å². The number of anilines is 1. The predicted molar refractivity (Wildman–Crippen MR) is 118 cm³/mol. The van der Waals surface area contributed by atoms with Crippen molar-refractivity contribution >= 4 is 56.6 Å². The van der Waals surface area contributed by atoms with Crippen LogP contribution in [0.4, 0.5) is 5.69 Å². The molecule has 0 atom stereocenters. The van der Waals surface area contributed by atoms with Gasteiger partial charge in [0.05, 0.1) is 26.4 Å². The predicted octanol–water partition coefficient (Wildman–Crippen LogP) is 3.48. The molecule has 0 unspecified atom stereocenters. The summed E-state index contributed by atoms with van der Waals surface area (Å²) in [5.41, 5.74) is 2.13. The number of carbonyl (C=O) groups is 1. The molecular weight excluding hydrogens is 469 g/mol. The molecule has 0 spiro atoms. The van der Waals surface area contributed by atoms with Crippen LogP contribution in [-0.4, -0.2) is 34.8 Å². The molecule has 0 fully saturated rings. The molecule has 0 aliphatic heterocycles. The molecule has 0 aliphatic rings. The van der Waals surface area contributed by atoms with E-state index in [0.29, 0.717) is 11.0 Å². The Morgan fingerprint density at radius 2 is 1.83 bits per heavy atom. The van der Waals surface area contributed by atoms with E-state index in [2.05, 4.69) is 15.5 Å². The molecule has 158 valence electrons. The van der Waals surface area contributed by atoms with Crippen LogP contribution in [0.3, 0.4) is 0 Å². The summed E-state index contributed by atoms with van der Waals surface area (Å²) < 4.78 is 24.7. The van der Waals surface area contributed by atoms with E-state index < -0.39 is 15.9 Å². The van der Waals surface area contributed by atoms with Crippen LogP contribution < -0.4 is 10.5 Å². The molecule has 2 aromatic carbocycles. The van der Waals surface area contributed by atoms with E-state index in [1.165, 1.54) is 11.8 Å². The fraction of sp³-hybridized carbons (Fsp3) is 0.167. The number of nitrogens with zero attached hydrogens (tertiary/aromatic N) is 3. The average Bonchev–Trinajstić information content (AvgIpc) is 3.03. The molecule has 1 aromatic heterocycles. The number of halogens is 2. The van der Waals surface area contributed by atoms with E-state index in [9.17, 15) is 13.2 Å². The molecule has 3 aromatic rings. The van der Waals surface area contributed by atoms with E-state index in [1.54, 1.807) is 4.57 Å². The van der Waals surface area contributed by atoms with Crippen LogP contribution in [0.2, 0.25) is 10.0 Å². The highest BCUT2D eigenvalue weighted by molar-refractivity contribution is 7.99. The maximum Gasteiger partial charge on any atom is 0.238 e. The Morgan fingerprint density at radius 1 is 1.20 bits per heavy atom. The van der Waals surface area contributed by atoms with E-state index >= 15 is 0 Å². The molecule has 0 aliphatic carbocycles. The van der Waals surface area contributed by atoms with Crippen molar-refractivity contribution in [3.8, 4) is 11.4 Å². The summed E-state index contributed by atoms with van der Waals surface area (Å²) in [6.07, 6.45) is 0. The number of aromatic nitrogens is 3. The standard InChI is InChI=1S/C18H17Cl2N5O3S2/c1-10-5-3-4-6-12(10)17-23-24-18(25(17)2)29-9-15(26)22-16-13(19)7-11(8-14(16)20)30(21,27)28/h3-8H,9H2,1-2H3,(H,22,26)(H2,21,27,28). The van der Waals surface area contributed by atoms with Gasteiger partial charge in [-0.25, -0.2) is 13.6 Å². The summed E-state index contributed by atoms with van der Waals surface area (Å²) in [5, 5.41) is 16.5. The van der Waals surface area contributed by atoms with Gasteiger partial charge in [0.1, 0.15) is 0 Å². The number of aryl methyl sites for hydroxylation is 1. The maximum absolute atomic E-state index is 12.4. The van der Waals surface area contributed by atoms with Gasteiger partial charge >= 0.3 is 0 Å². The van der Waals surface area contributed by atoms with Crippen molar-refractivity contribution in [3.63, 3.8) is 0 Å². The van der Waals surface area contributed by atoms with Crippen molar-refractivity contribution in [2.45, 2.75) is 17.0 Å². The second-order valence-corrected chi connectivity index (χ2v) is 9.64. The first-order valence-corrected chi connectivity index (χ1v) is 11.8. The van der Waals surface area contributed by atoms with Crippen molar-refractivity contribution in [1.29, 1.82) is 0 Å². The summed E-state index contributed by atoms with van der Waals surface area (Å²) in [5.74, 6) is 0.317. The fourth-order valence-electron chi connectivity index (χ4n) is 2.64. The van der Waals surface area contributed by atoms with Gasteiger partial charge in [0, 0.05) is 12.6 Å². The maximum atomic E-state index is 12.4. The molecule has 1 heterocycles. The molecule has 30 heavy (non-hydrogen) atoms. The first-order valence-electron chi connectivity index (χ1n) is 8.48. The molecule has 0 saturated carbocycles. The Morgan fingerprint density at radius 3 is 2.43 bits per heavy atom. The van der Waals surface area contributed by atoms with Gasteiger partial charge in [-0.2, -0.15) is 0 Å². The number of amides is 1. The number of hydrogen-bond donors (Lipinski definition) is 2. The van der Waals surface area contributed by atoms with Gasteiger partial charge < -0.3 is 9.88 Å². The van der Waals surface area contributed by atoms with Gasteiger partial charge in [0.2, 0.25) is 15.9 Å². The Kier molecular flexibility index (Phi) is 6.73. The van der Waals surface area contributed by atoms with Crippen molar-refractivity contribution < 1.29 is 13.2 Å². The lowest BCUT2D eigenvalue weighted by Gasteiger charge is -2.11. The zero-order valence-corrected chi connectivity index (χ0v) is 19.0. The number of rotatable bonds is 6. The Hall–Kier alpha value is -2.11. The molecule has 3 rings (SSSR count). The second-order valence-electron chi connectivity index (χ2n) is 6.32. The summed E-state index contributed by atoms with van der Waals surface area (Å²) in [4.78, 5) is 12.1. The van der Waals surface area contributed by atoms with Crippen LogP contribution >= 0.6 is 35.0 Å². The number of benzene rings is 2. The average molecular weight is 486 g/mol. The lowest BCUT2D eigenvalue weighted by Crippen LogP contribution is -2.16. The third-order valence-corrected chi connectivity index (χ3v) is 6.67. The minimum atomic E-state index is -3.97. The number of hydrogen-bond acceptors (Lipinski definition) is 6. The van der Waals surface area contributed by atoms with Crippen molar-refractivity contribution in [2.75, 3.05) is 11.1 Å². The number of sulfonamides is 1. The molecule has 3 N–H and O–H groups in total. The number of nitrogens with two attached hydrogens (primary N) is 1. The topological polar surface area (TPSA) is 120 Å². The van der Waals surface area contributed by atoms with Crippen LogP contribution in [0, 0.1) is 6.92 Å². The van der Waals surface area contributed by atoms with Crippen LogP contribution in [0.25, 0.3) is 11.4 Å². The summed E-state index contributed by atoms with van der Waals surface area (Å²) in [7, 11) is -2.15. The van der Waals surface area contributed by atoms with Gasteiger partial charge in [-0.3, -0.25) is 4.79 Å². The fourth-order valence-corrected chi connectivity index (χ4v) is 4.62. The van der Waals surface area contributed by atoms with Crippen molar-refractivity contribution in [2.24, 2.45) is 12.2 Å². The monoisotopic (exact) mass is 485 g/mol. The normalized spacial score (nSPS) is 11.5. The van der Waals surface area contributed by atoms with Gasteiger partial charge in [0.15, 0.2) is 11.0 Å².